The summed E-state index contributed by atoms with van der Waals surface area (Å²) < 4.78 is 0. The molecule has 0 aliphatic carbocycles. The smallest absolute Gasteiger partial charge is 0.337 e. The van der Waals surface area contributed by atoms with Crippen LogP contribution in [0.3, 0.4) is 0 Å². The number of halogens is 1. The average molecular weight is 242 g/mol. The Morgan fingerprint density at radius 3 is 2.75 bits per heavy atom. The van der Waals surface area contributed by atoms with Crippen LogP contribution in [-0.4, -0.2) is 22.8 Å². The zero-order valence-corrected chi connectivity index (χ0v) is 9.24. The highest BCUT2D eigenvalue weighted by Crippen LogP contribution is 2.24. The number of nitrogen functional groups attached to an aromatic ring is 1. The molecule has 0 saturated heterocycles. The maximum absolute atomic E-state index is 10.9. The topological polar surface area (TPSA) is 83.5 Å². The van der Waals surface area contributed by atoms with Crippen molar-refractivity contribution in [1.29, 1.82) is 0 Å². The second-order valence-electron chi connectivity index (χ2n) is 3.18. The molecule has 0 amide bonds. The van der Waals surface area contributed by atoms with E-state index in [0.717, 1.165) is 0 Å². The van der Waals surface area contributed by atoms with E-state index in [9.17, 15) is 4.79 Å². The second-order valence-corrected chi connectivity index (χ2v) is 3.61. The van der Waals surface area contributed by atoms with Crippen molar-refractivity contribution in [2.45, 2.75) is 6.42 Å². The van der Waals surface area contributed by atoms with Crippen molar-refractivity contribution in [3.8, 4) is 0 Å². The van der Waals surface area contributed by atoms with Gasteiger partial charge in [-0.3, -0.25) is 0 Å². The standard InChI is InChI=1S/C11H12ClNO3/c12-8-5-7(3-1-2-4-14)10(13)9(6-8)11(15)16/h1,3,5-6,14H,2,4,13H2,(H,15,16). The molecule has 0 bridgehead atoms. The van der Waals surface area contributed by atoms with Crippen molar-refractivity contribution < 1.29 is 15.0 Å². The lowest BCUT2D eigenvalue weighted by atomic mass is 10.1. The number of benzene rings is 1. The van der Waals surface area contributed by atoms with Crippen LogP contribution in [0.15, 0.2) is 18.2 Å². The number of carbonyl (C=O) groups is 1. The van der Waals surface area contributed by atoms with E-state index in [1.165, 1.54) is 6.07 Å². The van der Waals surface area contributed by atoms with Gasteiger partial charge in [0.1, 0.15) is 0 Å². The lowest BCUT2D eigenvalue weighted by Crippen LogP contribution is -2.04. The van der Waals surface area contributed by atoms with E-state index in [1.807, 2.05) is 0 Å². The number of aliphatic hydroxyl groups excluding tert-OH is 1. The number of aliphatic hydroxyl groups is 1. The summed E-state index contributed by atoms with van der Waals surface area (Å²) in [6.07, 6.45) is 3.83. The number of hydrogen-bond donors (Lipinski definition) is 3. The van der Waals surface area contributed by atoms with Gasteiger partial charge in [-0.15, -0.1) is 0 Å². The SMILES string of the molecule is Nc1c(C=CCCO)cc(Cl)cc1C(=O)O. The molecule has 1 aromatic carbocycles. The van der Waals surface area contributed by atoms with Crippen LogP contribution in [-0.2, 0) is 0 Å². The van der Waals surface area contributed by atoms with E-state index in [1.54, 1.807) is 18.2 Å². The van der Waals surface area contributed by atoms with Gasteiger partial charge in [0.2, 0.25) is 0 Å². The molecule has 0 atom stereocenters. The van der Waals surface area contributed by atoms with E-state index < -0.39 is 5.97 Å². The Morgan fingerprint density at radius 2 is 2.19 bits per heavy atom. The van der Waals surface area contributed by atoms with Crippen molar-refractivity contribution in [1.82, 2.24) is 0 Å². The number of hydrogen-bond acceptors (Lipinski definition) is 3. The third kappa shape index (κ3) is 2.98. The molecule has 0 aromatic heterocycles. The zero-order chi connectivity index (χ0) is 12.1. The molecular weight excluding hydrogens is 230 g/mol. The van der Waals surface area contributed by atoms with E-state index in [0.29, 0.717) is 17.0 Å². The fourth-order valence-electron chi connectivity index (χ4n) is 1.24. The van der Waals surface area contributed by atoms with Gasteiger partial charge in [0.25, 0.3) is 0 Å². The van der Waals surface area contributed by atoms with Gasteiger partial charge in [-0.25, -0.2) is 4.79 Å². The third-order valence-corrected chi connectivity index (χ3v) is 2.22. The molecule has 0 spiro atoms. The van der Waals surface area contributed by atoms with Crippen molar-refractivity contribution in [2.75, 3.05) is 12.3 Å². The molecule has 1 aromatic rings. The summed E-state index contributed by atoms with van der Waals surface area (Å²) in [6, 6.07) is 2.89. The highest BCUT2D eigenvalue weighted by Gasteiger charge is 2.11. The van der Waals surface area contributed by atoms with Gasteiger partial charge in [0.05, 0.1) is 11.3 Å². The van der Waals surface area contributed by atoms with Crippen molar-refractivity contribution in [3.05, 3.63) is 34.4 Å². The van der Waals surface area contributed by atoms with Crippen molar-refractivity contribution >= 4 is 29.3 Å². The van der Waals surface area contributed by atoms with Crippen LogP contribution in [0.2, 0.25) is 5.02 Å². The molecule has 0 radical (unpaired) electrons. The van der Waals surface area contributed by atoms with Gasteiger partial charge < -0.3 is 15.9 Å². The number of carboxylic acids is 1. The predicted molar refractivity (Wildman–Crippen MR) is 63.6 cm³/mol. The van der Waals surface area contributed by atoms with Crippen LogP contribution in [0.1, 0.15) is 22.3 Å². The highest BCUT2D eigenvalue weighted by molar-refractivity contribution is 6.31. The molecule has 0 saturated carbocycles. The summed E-state index contributed by atoms with van der Waals surface area (Å²) in [5, 5.41) is 17.8. The second kappa shape index (κ2) is 5.53. The molecular formula is C11H12ClNO3. The Morgan fingerprint density at radius 1 is 1.50 bits per heavy atom. The van der Waals surface area contributed by atoms with Gasteiger partial charge in [-0.1, -0.05) is 23.8 Å². The fourth-order valence-corrected chi connectivity index (χ4v) is 1.47. The minimum absolute atomic E-state index is 0.0175. The van der Waals surface area contributed by atoms with Crippen LogP contribution in [0.4, 0.5) is 5.69 Å². The summed E-state index contributed by atoms with van der Waals surface area (Å²) in [6.45, 7) is 0.0305. The summed E-state index contributed by atoms with van der Waals surface area (Å²) in [7, 11) is 0. The summed E-state index contributed by atoms with van der Waals surface area (Å²) in [4.78, 5) is 10.9. The Labute approximate surface area is 98.0 Å². The van der Waals surface area contributed by atoms with E-state index in [4.69, 9.17) is 27.5 Å². The first kappa shape index (κ1) is 12.5. The first-order valence-electron chi connectivity index (χ1n) is 4.66. The molecule has 5 heteroatoms. The molecule has 1 rings (SSSR count). The first-order valence-corrected chi connectivity index (χ1v) is 5.03. The Hall–Kier alpha value is -1.52. The molecule has 0 aliphatic rings. The first-order chi connectivity index (χ1) is 7.56. The van der Waals surface area contributed by atoms with Crippen LogP contribution in [0.25, 0.3) is 6.08 Å². The summed E-state index contributed by atoms with van der Waals surface area (Å²) in [5.41, 5.74) is 6.38. The van der Waals surface area contributed by atoms with E-state index in [2.05, 4.69) is 0 Å². The molecule has 0 unspecified atom stereocenters. The molecule has 0 heterocycles. The molecule has 86 valence electrons. The number of nitrogens with two attached hydrogens (primary N) is 1. The molecule has 4 N–H and O–H groups in total. The van der Waals surface area contributed by atoms with Crippen LogP contribution in [0.5, 0.6) is 0 Å². The number of aromatic carboxylic acids is 1. The zero-order valence-electron chi connectivity index (χ0n) is 8.48. The lowest BCUT2D eigenvalue weighted by Gasteiger charge is -2.05. The van der Waals surface area contributed by atoms with Gasteiger partial charge in [0.15, 0.2) is 0 Å². The fraction of sp³-hybridized carbons (Fsp3) is 0.182. The normalized spacial score (nSPS) is 10.9. The third-order valence-electron chi connectivity index (χ3n) is 2.00. The molecule has 0 fully saturated rings. The number of anilines is 1. The molecule has 4 nitrogen and oxygen atoms in total. The summed E-state index contributed by atoms with van der Waals surface area (Å²) in [5.74, 6) is -1.11. The minimum atomic E-state index is -1.11. The Bertz CT molecular complexity index is 429. The Kier molecular flexibility index (Phi) is 4.34. The Balaban J connectivity index is 3.14. The van der Waals surface area contributed by atoms with E-state index >= 15 is 0 Å². The van der Waals surface area contributed by atoms with Gasteiger partial charge in [0, 0.05) is 11.6 Å². The van der Waals surface area contributed by atoms with E-state index in [-0.39, 0.29) is 17.9 Å². The van der Waals surface area contributed by atoms with Crippen molar-refractivity contribution in [2.24, 2.45) is 0 Å². The largest absolute Gasteiger partial charge is 0.478 e. The highest BCUT2D eigenvalue weighted by atomic mass is 35.5. The quantitative estimate of drug-likeness (QED) is 0.704. The number of rotatable bonds is 4. The average Bonchev–Trinajstić information content (AvgIpc) is 2.22. The van der Waals surface area contributed by atoms with Gasteiger partial charge in [-0.2, -0.15) is 0 Å². The maximum Gasteiger partial charge on any atom is 0.337 e. The van der Waals surface area contributed by atoms with Crippen LogP contribution >= 0.6 is 11.6 Å². The number of carboxylic acid groups (broad SMARTS) is 1. The molecule has 16 heavy (non-hydrogen) atoms. The summed E-state index contributed by atoms with van der Waals surface area (Å²) >= 11 is 5.78. The minimum Gasteiger partial charge on any atom is -0.478 e. The lowest BCUT2D eigenvalue weighted by molar-refractivity contribution is 0.0698. The van der Waals surface area contributed by atoms with Crippen LogP contribution < -0.4 is 5.73 Å². The monoisotopic (exact) mass is 241 g/mol. The van der Waals surface area contributed by atoms with Crippen molar-refractivity contribution in [3.63, 3.8) is 0 Å². The maximum atomic E-state index is 10.9. The van der Waals surface area contributed by atoms with Gasteiger partial charge >= 0.3 is 5.97 Å². The van der Waals surface area contributed by atoms with Gasteiger partial charge in [-0.05, 0) is 24.1 Å². The predicted octanol–water partition coefficient (Wildman–Crippen LogP) is 2.02. The molecule has 0 aliphatic heterocycles. The van der Waals surface area contributed by atoms with Crippen LogP contribution in [0, 0.1) is 0 Å².